The number of aliphatic hydroxyl groups excluding tert-OH is 1. The summed E-state index contributed by atoms with van der Waals surface area (Å²) in [6.45, 7) is 0.0938. The molecule has 0 radical (unpaired) electrons. The van der Waals surface area contributed by atoms with Gasteiger partial charge in [0, 0.05) is 6.04 Å². The van der Waals surface area contributed by atoms with Gasteiger partial charge < -0.3 is 10.8 Å². The van der Waals surface area contributed by atoms with E-state index >= 15 is 0 Å². The van der Waals surface area contributed by atoms with E-state index in [2.05, 4.69) is 0 Å². The maximum atomic E-state index is 9.11. The molecule has 2 rings (SSSR count). The van der Waals surface area contributed by atoms with Crippen molar-refractivity contribution >= 4 is 0 Å². The van der Waals surface area contributed by atoms with Crippen molar-refractivity contribution in [1.29, 1.82) is 0 Å². The van der Waals surface area contributed by atoms with Crippen LogP contribution in [0.2, 0.25) is 0 Å². The molecule has 0 aromatic heterocycles. The molecule has 0 heterocycles. The number of aliphatic hydroxyl groups is 1. The van der Waals surface area contributed by atoms with E-state index in [1.165, 1.54) is 12.8 Å². The van der Waals surface area contributed by atoms with Crippen LogP contribution in [0.3, 0.4) is 0 Å². The largest absolute Gasteiger partial charge is 0.392 e. The van der Waals surface area contributed by atoms with Gasteiger partial charge in [0.1, 0.15) is 0 Å². The molecule has 1 aliphatic rings. The molecule has 0 amide bonds. The van der Waals surface area contributed by atoms with E-state index in [4.69, 9.17) is 10.8 Å². The molecule has 70 valence electrons. The second-order valence-corrected chi connectivity index (χ2v) is 3.72. The van der Waals surface area contributed by atoms with E-state index in [9.17, 15) is 0 Å². The second kappa shape index (κ2) is 3.48. The third kappa shape index (κ3) is 1.74. The van der Waals surface area contributed by atoms with Gasteiger partial charge in [0.25, 0.3) is 0 Å². The van der Waals surface area contributed by atoms with Crippen LogP contribution in [-0.2, 0) is 6.61 Å². The Morgan fingerprint density at radius 1 is 1.38 bits per heavy atom. The van der Waals surface area contributed by atoms with Gasteiger partial charge in [0.15, 0.2) is 0 Å². The van der Waals surface area contributed by atoms with Gasteiger partial charge in [-0.25, -0.2) is 0 Å². The highest BCUT2D eigenvalue weighted by Gasteiger charge is 2.30. The van der Waals surface area contributed by atoms with Gasteiger partial charge in [-0.2, -0.15) is 0 Å². The average molecular weight is 177 g/mol. The number of nitrogens with two attached hydrogens (primary N) is 1. The van der Waals surface area contributed by atoms with E-state index < -0.39 is 0 Å². The van der Waals surface area contributed by atoms with Crippen LogP contribution in [0.1, 0.15) is 30.0 Å². The second-order valence-electron chi connectivity index (χ2n) is 3.72. The minimum absolute atomic E-state index is 0.0938. The first kappa shape index (κ1) is 8.73. The normalized spacial score (nSPS) is 18.6. The molecular formula is C11H15NO. The molecule has 2 nitrogen and oxygen atoms in total. The fourth-order valence-corrected chi connectivity index (χ4v) is 1.71. The molecule has 1 aliphatic carbocycles. The molecule has 2 heteroatoms. The van der Waals surface area contributed by atoms with Crippen LogP contribution in [0.4, 0.5) is 0 Å². The van der Waals surface area contributed by atoms with Crippen molar-refractivity contribution in [3.8, 4) is 0 Å². The van der Waals surface area contributed by atoms with Crippen molar-refractivity contribution in [3.63, 3.8) is 0 Å². The van der Waals surface area contributed by atoms with E-state index in [1.54, 1.807) is 0 Å². The third-order valence-electron chi connectivity index (χ3n) is 2.71. The predicted octanol–water partition coefficient (Wildman–Crippen LogP) is 1.59. The van der Waals surface area contributed by atoms with Crippen LogP contribution in [0.15, 0.2) is 24.3 Å². The Morgan fingerprint density at radius 2 is 2.08 bits per heavy atom. The van der Waals surface area contributed by atoms with Crippen molar-refractivity contribution < 1.29 is 5.11 Å². The highest BCUT2D eigenvalue weighted by molar-refractivity contribution is 5.30. The van der Waals surface area contributed by atoms with Crippen molar-refractivity contribution in [1.82, 2.24) is 0 Å². The van der Waals surface area contributed by atoms with Crippen LogP contribution in [0.25, 0.3) is 0 Å². The van der Waals surface area contributed by atoms with Crippen molar-refractivity contribution in [2.45, 2.75) is 25.5 Å². The molecule has 0 bridgehead atoms. The number of hydrogen-bond donors (Lipinski definition) is 2. The molecule has 0 saturated heterocycles. The minimum Gasteiger partial charge on any atom is -0.392 e. The molecule has 13 heavy (non-hydrogen) atoms. The smallest absolute Gasteiger partial charge is 0.0685 e. The number of rotatable bonds is 3. The molecule has 1 aromatic carbocycles. The molecule has 0 aliphatic heterocycles. The number of benzene rings is 1. The lowest BCUT2D eigenvalue weighted by molar-refractivity contribution is 0.279. The van der Waals surface area contributed by atoms with Crippen LogP contribution >= 0.6 is 0 Å². The molecular weight excluding hydrogens is 162 g/mol. The summed E-state index contributed by atoms with van der Waals surface area (Å²) in [6.07, 6.45) is 2.47. The minimum atomic E-state index is 0.0938. The first-order chi connectivity index (χ1) is 6.33. The van der Waals surface area contributed by atoms with Gasteiger partial charge in [0.05, 0.1) is 6.61 Å². The lowest BCUT2D eigenvalue weighted by Crippen LogP contribution is -2.14. The summed E-state index contributed by atoms with van der Waals surface area (Å²) in [5.41, 5.74) is 8.16. The SMILES string of the molecule is NC(c1ccccc1CO)C1CC1. The Labute approximate surface area is 78.4 Å². The van der Waals surface area contributed by atoms with E-state index in [0.29, 0.717) is 5.92 Å². The first-order valence-electron chi connectivity index (χ1n) is 4.77. The van der Waals surface area contributed by atoms with Gasteiger partial charge in [-0.3, -0.25) is 0 Å². The predicted molar refractivity (Wildman–Crippen MR) is 52.0 cm³/mol. The molecule has 3 N–H and O–H groups in total. The van der Waals surface area contributed by atoms with Gasteiger partial charge in [0.2, 0.25) is 0 Å². The fraction of sp³-hybridized carbons (Fsp3) is 0.455. The summed E-state index contributed by atoms with van der Waals surface area (Å²) in [7, 11) is 0. The van der Waals surface area contributed by atoms with Crippen LogP contribution in [-0.4, -0.2) is 5.11 Å². The molecule has 1 unspecified atom stereocenters. The zero-order valence-corrected chi connectivity index (χ0v) is 7.61. The van der Waals surface area contributed by atoms with Crippen LogP contribution < -0.4 is 5.73 Å². The Kier molecular flexibility index (Phi) is 2.34. The zero-order chi connectivity index (χ0) is 9.26. The summed E-state index contributed by atoms with van der Waals surface area (Å²) in [5.74, 6) is 0.646. The van der Waals surface area contributed by atoms with Gasteiger partial charge in [-0.1, -0.05) is 24.3 Å². The summed E-state index contributed by atoms with van der Waals surface area (Å²) >= 11 is 0. The number of hydrogen-bond acceptors (Lipinski definition) is 2. The molecule has 1 fully saturated rings. The third-order valence-corrected chi connectivity index (χ3v) is 2.71. The standard InChI is InChI=1S/C11H15NO/c12-11(8-5-6-8)10-4-2-1-3-9(10)7-13/h1-4,8,11,13H,5-7,12H2. The maximum absolute atomic E-state index is 9.11. The average Bonchev–Trinajstić information content (AvgIpc) is 3.00. The summed E-state index contributed by atoms with van der Waals surface area (Å²) < 4.78 is 0. The summed E-state index contributed by atoms with van der Waals surface area (Å²) in [4.78, 5) is 0. The summed E-state index contributed by atoms with van der Waals surface area (Å²) in [6, 6.07) is 8.01. The Hall–Kier alpha value is -0.860. The van der Waals surface area contributed by atoms with Crippen molar-refractivity contribution in [2.24, 2.45) is 11.7 Å². The van der Waals surface area contributed by atoms with Crippen LogP contribution in [0, 0.1) is 5.92 Å². The van der Waals surface area contributed by atoms with Crippen molar-refractivity contribution in [2.75, 3.05) is 0 Å². The summed E-state index contributed by atoms with van der Waals surface area (Å²) in [5, 5.41) is 9.11. The first-order valence-corrected chi connectivity index (χ1v) is 4.77. The monoisotopic (exact) mass is 177 g/mol. The van der Waals surface area contributed by atoms with Gasteiger partial charge in [-0.15, -0.1) is 0 Å². The highest BCUT2D eigenvalue weighted by Crippen LogP contribution is 2.40. The molecule has 1 saturated carbocycles. The Balaban J connectivity index is 2.26. The zero-order valence-electron chi connectivity index (χ0n) is 7.61. The van der Waals surface area contributed by atoms with E-state index in [1.807, 2.05) is 24.3 Å². The van der Waals surface area contributed by atoms with E-state index in [-0.39, 0.29) is 12.6 Å². The molecule has 0 spiro atoms. The molecule has 1 aromatic rings. The Morgan fingerprint density at radius 3 is 2.69 bits per heavy atom. The molecule has 1 atom stereocenters. The highest BCUT2D eigenvalue weighted by atomic mass is 16.3. The fourth-order valence-electron chi connectivity index (χ4n) is 1.71. The lowest BCUT2D eigenvalue weighted by Gasteiger charge is -2.14. The van der Waals surface area contributed by atoms with E-state index in [0.717, 1.165) is 11.1 Å². The van der Waals surface area contributed by atoms with Gasteiger partial charge in [-0.05, 0) is 29.9 Å². The van der Waals surface area contributed by atoms with Crippen LogP contribution in [0.5, 0.6) is 0 Å². The Bertz CT molecular complexity index is 294. The van der Waals surface area contributed by atoms with Gasteiger partial charge >= 0.3 is 0 Å². The maximum Gasteiger partial charge on any atom is 0.0685 e. The quantitative estimate of drug-likeness (QED) is 0.736. The van der Waals surface area contributed by atoms with Crippen molar-refractivity contribution in [3.05, 3.63) is 35.4 Å². The lowest BCUT2D eigenvalue weighted by atomic mass is 9.98. The topological polar surface area (TPSA) is 46.2 Å².